The first-order chi connectivity index (χ1) is 11.6. The van der Waals surface area contributed by atoms with Gasteiger partial charge in [0, 0.05) is 12.4 Å². The van der Waals surface area contributed by atoms with Crippen LogP contribution in [0.5, 0.6) is 0 Å². The highest BCUT2D eigenvalue weighted by molar-refractivity contribution is 7.14. The molecule has 0 fully saturated rings. The Balaban J connectivity index is 2.13. The van der Waals surface area contributed by atoms with Gasteiger partial charge in [0.2, 0.25) is 0 Å². The molecule has 0 aliphatic rings. The standard InChI is InChI=1S/C13H12ClF3N4O3S/c1-3-24-7(22)4-6-5-25-12(18-6)19-11(23)9-8(14)10(13(15,16)17)21(2)20-9/h5H,3-4H2,1-2H3,(H,18,19,23). The molecular formula is C13H12ClF3N4O3S. The normalized spacial score (nSPS) is 11.4. The molecule has 0 bridgehead atoms. The number of esters is 1. The molecule has 0 atom stereocenters. The van der Waals surface area contributed by atoms with Gasteiger partial charge in [0.25, 0.3) is 5.91 Å². The maximum absolute atomic E-state index is 12.9. The van der Waals surface area contributed by atoms with Crippen molar-refractivity contribution in [1.29, 1.82) is 0 Å². The minimum Gasteiger partial charge on any atom is -0.466 e. The van der Waals surface area contributed by atoms with Crippen molar-refractivity contribution in [3.63, 3.8) is 0 Å². The van der Waals surface area contributed by atoms with Gasteiger partial charge in [0.05, 0.1) is 18.7 Å². The molecule has 0 radical (unpaired) electrons. The maximum Gasteiger partial charge on any atom is 0.434 e. The Hall–Kier alpha value is -2.14. The van der Waals surface area contributed by atoms with E-state index < -0.39 is 34.5 Å². The van der Waals surface area contributed by atoms with Gasteiger partial charge in [-0.1, -0.05) is 11.6 Å². The number of hydrogen-bond donors (Lipinski definition) is 1. The molecule has 2 rings (SSSR count). The summed E-state index contributed by atoms with van der Waals surface area (Å²) in [5.41, 5.74) is -1.43. The average Bonchev–Trinajstić information content (AvgIpc) is 3.02. The molecule has 136 valence electrons. The second-order valence-electron chi connectivity index (χ2n) is 4.71. The molecular weight excluding hydrogens is 385 g/mol. The Bertz CT molecular complexity index is 803. The Morgan fingerprint density at radius 3 is 2.68 bits per heavy atom. The zero-order chi connectivity index (χ0) is 18.8. The third-order valence-electron chi connectivity index (χ3n) is 2.88. The molecule has 0 aromatic carbocycles. The van der Waals surface area contributed by atoms with Crippen molar-refractivity contribution in [1.82, 2.24) is 14.8 Å². The summed E-state index contributed by atoms with van der Waals surface area (Å²) >= 11 is 6.65. The fourth-order valence-corrected chi connectivity index (χ4v) is 2.97. The summed E-state index contributed by atoms with van der Waals surface area (Å²) in [6.07, 6.45) is -4.83. The SMILES string of the molecule is CCOC(=O)Cc1csc(NC(=O)c2nn(C)c(C(F)(F)F)c2Cl)n1. The van der Waals surface area contributed by atoms with Gasteiger partial charge in [0.1, 0.15) is 5.02 Å². The predicted molar refractivity (Wildman–Crippen MR) is 83.6 cm³/mol. The van der Waals surface area contributed by atoms with Crippen molar-refractivity contribution in [3.05, 3.63) is 27.5 Å². The van der Waals surface area contributed by atoms with E-state index in [1.165, 1.54) is 5.38 Å². The smallest absolute Gasteiger partial charge is 0.434 e. The lowest BCUT2D eigenvalue weighted by Gasteiger charge is -2.06. The van der Waals surface area contributed by atoms with Crippen molar-refractivity contribution in [3.8, 4) is 0 Å². The van der Waals surface area contributed by atoms with Crippen LogP contribution < -0.4 is 5.32 Å². The lowest BCUT2D eigenvalue weighted by atomic mass is 10.3. The first-order valence-corrected chi connectivity index (χ1v) is 8.10. The number of carbonyl (C=O) groups is 2. The van der Waals surface area contributed by atoms with Crippen LogP contribution in [0.4, 0.5) is 18.3 Å². The Labute approximate surface area is 148 Å². The van der Waals surface area contributed by atoms with Crippen molar-refractivity contribution >= 4 is 39.9 Å². The van der Waals surface area contributed by atoms with Gasteiger partial charge < -0.3 is 4.74 Å². The number of rotatable bonds is 5. The highest BCUT2D eigenvalue weighted by Gasteiger charge is 2.40. The number of ether oxygens (including phenoxy) is 1. The maximum atomic E-state index is 12.9. The van der Waals surface area contributed by atoms with Crippen LogP contribution in [-0.2, 0) is 29.2 Å². The van der Waals surface area contributed by atoms with Crippen LogP contribution in [0.1, 0.15) is 28.8 Å². The molecule has 0 aliphatic heterocycles. The van der Waals surface area contributed by atoms with Crippen LogP contribution in [-0.4, -0.2) is 33.2 Å². The summed E-state index contributed by atoms with van der Waals surface area (Å²) in [6.45, 7) is 1.89. The molecule has 0 saturated carbocycles. The van der Waals surface area contributed by atoms with E-state index in [2.05, 4.69) is 15.4 Å². The van der Waals surface area contributed by atoms with E-state index in [4.69, 9.17) is 16.3 Å². The van der Waals surface area contributed by atoms with Crippen LogP contribution in [0, 0.1) is 0 Å². The zero-order valence-electron chi connectivity index (χ0n) is 13.0. The Morgan fingerprint density at radius 1 is 1.44 bits per heavy atom. The predicted octanol–water partition coefficient (Wildman–Crippen LogP) is 2.91. The number of thiazole rings is 1. The zero-order valence-corrected chi connectivity index (χ0v) is 14.6. The summed E-state index contributed by atoms with van der Waals surface area (Å²) in [5, 5.41) is 6.64. The Morgan fingerprint density at radius 2 is 2.12 bits per heavy atom. The molecule has 0 saturated heterocycles. The third-order valence-corrected chi connectivity index (χ3v) is 4.04. The van der Waals surface area contributed by atoms with E-state index in [1.54, 1.807) is 6.92 Å². The van der Waals surface area contributed by atoms with Crippen LogP contribution in [0.3, 0.4) is 0 Å². The van der Waals surface area contributed by atoms with Gasteiger partial charge >= 0.3 is 12.1 Å². The van der Waals surface area contributed by atoms with Gasteiger partial charge in [-0.15, -0.1) is 11.3 Å². The summed E-state index contributed by atoms with van der Waals surface area (Å²) in [4.78, 5) is 27.5. The molecule has 0 aliphatic carbocycles. The van der Waals surface area contributed by atoms with Crippen LogP contribution in [0.2, 0.25) is 5.02 Å². The molecule has 12 heteroatoms. The second-order valence-corrected chi connectivity index (χ2v) is 5.95. The number of hydrogen-bond acceptors (Lipinski definition) is 6. The number of carbonyl (C=O) groups excluding carboxylic acids is 2. The topological polar surface area (TPSA) is 86.1 Å². The van der Waals surface area contributed by atoms with Crippen LogP contribution in [0.15, 0.2) is 5.38 Å². The van der Waals surface area contributed by atoms with Crippen molar-refractivity contribution < 1.29 is 27.5 Å². The Kier molecular flexibility index (Phi) is 5.68. The van der Waals surface area contributed by atoms with Crippen molar-refractivity contribution in [2.45, 2.75) is 19.5 Å². The van der Waals surface area contributed by atoms with E-state index in [9.17, 15) is 22.8 Å². The number of aromatic nitrogens is 3. The van der Waals surface area contributed by atoms with Gasteiger partial charge in [-0.3, -0.25) is 19.6 Å². The number of nitrogens with one attached hydrogen (secondary N) is 1. The minimum absolute atomic E-state index is 0.0806. The molecule has 2 heterocycles. The highest BCUT2D eigenvalue weighted by atomic mass is 35.5. The van der Waals surface area contributed by atoms with Crippen LogP contribution >= 0.6 is 22.9 Å². The van der Waals surface area contributed by atoms with E-state index >= 15 is 0 Å². The van der Waals surface area contributed by atoms with Crippen LogP contribution in [0.25, 0.3) is 0 Å². The summed E-state index contributed by atoms with van der Waals surface area (Å²) in [7, 11) is 1.03. The molecule has 0 unspecified atom stereocenters. The first-order valence-electron chi connectivity index (χ1n) is 6.84. The number of anilines is 1. The lowest BCUT2D eigenvalue weighted by molar-refractivity contribution is -0.144. The molecule has 0 spiro atoms. The summed E-state index contributed by atoms with van der Waals surface area (Å²) < 4.78 is 43.9. The lowest BCUT2D eigenvalue weighted by Crippen LogP contribution is -2.13. The molecule has 7 nitrogen and oxygen atoms in total. The average molecular weight is 397 g/mol. The monoisotopic (exact) mass is 396 g/mol. The molecule has 1 amide bonds. The largest absolute Gasteiger partial charge is 0.466 e. The second kappa shape index (κ2) is 7.40. The fourth-order valence-electron chi connectivity index (χ4n) is 1.91. The summed E-state index contributed by atoms with van der Waals surface area (Å²) in [5.74, 6) is -1.42. The number of nitrogens with zero attached hydrogens (tertiary/aromatic N) is 3. The third kappa shape index (κ3) is 4.48. The van der Waals surface area contributed by atoms with Gasteiger partial charge in [-0.05, 0) is 6.92 Å². The highest BCUT2D eigenvalue weighted by Crippen LogP contribution is 2.36. The van der Waals surface area contributed by atoms with Crippen molar-refractivity contribution in [2.75, 3.05) is 11.9 Å². The number of aryl methyl sites for hydroxylation is 1. The van der Waals surface area contributed by atoms with Gasteiger partial charge in [0.15, 0.2) is 16.5 Å². The number of halogens is 4. The number of alkyl halides is 3. The molecule has 2 aromatic heterocycles. The van der Waals surface area contributed by atoms with E-state index in [-0.39, 0.29) is 18.2 Å². The molecule has 1 N–H and O–H groups in total. The van der Waals surface area contributed by atoms with E-state index in [0.717, 1.165) is 18.4 Å². The number of amides is 1. The first kappa shape index (κ1) is 19.2. The molecule has 25 heavy (non-hydrogen) atoms. The van der Waals surface area contributed by atoms with Crippen molar-refractivity contribution in [2.24, 2.45) is 7.05 Å². The quantitative estimate of drug-likeness (QED) is 0.785. The van der Waals surface area contributed by atoms with Gasteiger partial charge in [-0.25, -0.2) is 4.98 Å². The summed E-state index contributed by atoms with van der Waals surface area (Å²) in [6, 6.07) is 0. The molecule has 2 aromatic rings. The fraction of sp³-hybridized carbons (Fsp3) is 0.385. The van der Waals surface area contributed by atoms with Gasteiger partial charge in [-0.2, -0.15) is 18.3 Å². The minimum atomic E-state index is -4.74. The van der Waals surface area contributed by atoms with E-state index in [1.807, 2.05) is 0 Å². The van der Waals surface area contributed by atoms with E-state index in [0.29, 0.717) is 10.4 Å².